The Labute approximate surface area is 215 Å². The van der Waals surface area contributed by atoms with Gasteiger partial charge in [0.1, 0.15) is 0 Å². The van der Waals surface area contributed by atoms with E-state index >= 15 is 0 Å². The van der Waals surface area contributed by atoms with Crippen LogP contribution in [-0.2, 0) is 33.0 Å². The summed E-state index contributed by atoms with van der Waals surface area (Å²) in [5.41, 5.74) is 12.2. The molecular weight excluding hydrogens is 482 g/mol. The third-order valence-corrected chi connectivity index (χ3v) is 11.0. The van der Waals surface area contributed by atoms with E-state index in [4.69, 9.17) is 38.0 Å². The van der Waals surface area contributed by atoms with Gasteiger partial charge >= 0.3 is 17.6 Å². The number of nitrogens with one attached hydrogen (secondary N) is 1. The second-order valence-corrected chi connectivity index (χ2v) is 13.4. The van der Waals surface area contributed by atoms with E-state index < -0.39 is 17.6 Å². The average molecular weight is 534 g/mol. The van der Waals surface area contributed by atoms with Gasteiger partial charge in [-0.3, -0.25) is 0 Å². The Morgan fingerprint density at radius 3 is 1.80 bits per heavy atom. The number of rotatable bonds is 21. The molecule has 0 aliphatic heterocycles. The van der Waals surface area contributed by atoms with Crippen molar-refractivity contribution in [3.05, 3.63) is 35.9 Å². The zero-order valence-corrected chi connectivity index (χ0v) is 24.7. The maximum absolute atomic E-state index is 5.89. The fraction of sp³-hybridized carbons (Fsp3) is 0.750. The molecule has 0 aliphatic rings. The van der Waals surface area contributed by atoms with Crippen LogP contribution >= 0.6 is 0 Å². The van der Waals surface area contributed by atoms with Crippen LogP contribution in [0.1, 0.15) is 39.2 Å². The molecule has 0 unspecified atom stereocenters. The predicted molar refractivity (Wildman–Crippen MR) is 146 cm³/mol. The average Bonchev–Trinajstić information content (AvgIpc) is 2.88. The van der Waals surface area contributed by atoms with Crippen molar-refractivity contribution in [1.29, 1.82) is 0 Å². The second kappa shape index (κ2) is 22.5. The van der Waals surface area contributed by atoms with Gasteiger partial charge in [0, 0.05) is 65.8 Å². The van der Waals surface area contributed by atoms with Crippen molar-refractivity contribution in [1.82, 2.24) is 5.32 Å². The molecule has 1 aromatic carbocycles. The summed E-state index contributed by atoms with van der Waals surface area (Å²) >= 11 is 0. The van der Waals surface area contributed by atoms with Crippen LogP contribution in [0.25, 0.3) is 0 Å². The Hall–Kier alpha value is -0.706. The Kier molecular flexibility index (Phi) is 22.0. The standard InChI is InChI=1S/C14H26N2O3Si.C10H25NO3Si/c1-17-20(18-2,19-12-11-16-10-9-15)13-8-14-6-4-3-5-7-14;1-4-12-15(13-5-2,14-6-3)10-8-7-9-11/h3-7,16H,8-13,15H2,1-2H3;4-11H2,1-3H3. The molecule has 0 saturated heterocycles. The molecule has 0 bridgehead atoms. The first kappa shape index (κ1) is 34.3. The number of benzene rings is 1. The monoisotopic (exact) mass is 533 g/mol. The first-order valence-electron chi connectivity index (χ1n) is 12.8. The third kappa shape index (κ3) is 15.9. The van der Waals surface area contributed by atoms with Crippen molar-refractivity contribution in [3.8, 4) is 0 Å². The second-order valence-electron chi connectivity index (χ2n) is 7.69. The first-order valence-corrected chi connectivity index (χ1v) is 16.7. The fourth-order valence-corrected chi connectivity index (χ4v) is 8.06. The van der Waals surface area contributed by atoms with E-state index in [-0.39, 0.29) is 0 Å². The van der Waals surface area contributed by atoms with Gasteiger partial charge in [-0.2, -0.15) is 0 Å². The van der Waals surface area contributed by atoms with Crippen LogP contribution < -0.4 is 16.8 Å². The minimum Gasteiger partial charge on any atom is -0.377 e. The van der Waals surface area contributed by atoms with E-state index in [2.05, 4.69) is 17.4 Å². The molecule has 1 rings (SSSR count). The van der Waals surface area contributed by atoms with Gasteiger partial charge in [-0.05, 0) is 52.1 Å². The Morgan fingerprint density at radius 1 is 0.714 bits per heavy atom. The van der Waals surface area contributed by atoms with E-state index in [0.717, 1.165) is 51.0 Å². The van der Waals surface area contributed by atoms with Crippen molar-refractivity contribution in [2.75, 3.05) is 66.8 Å². The van der Waals surface area contributed by atoms with E-state index in [1.165, 1.54) is 5.56 Å². The van der Waals surface area contributed by atoms with Crippen LogP contribution in [0.2, 0.25) is 12.1 Å². The lowest BCUT2D eigenvalue weighted by Crippen LogP contribution is -2.45. The summed E-state index contributed by atoms with van der Waals surface area (Å²) in [7, 11) is -1.62. The molecule has 0 aromatic heterocycles. The molecule has 0 saturated carbocycles. The Morgan fingerprint density at radius 2 is 1.31 bits per heavy atom. The number of unbranched alkanes of at least 4 members (excludes halogenated alkanes) is 1. The lowest BCUT2D eigenvalue weighted by molar-refractivity contribution is 0.0707. The Balaban J connectivity index is 0.000000691. The summed E-state index contributed by atoms with van der Waals surface area (Å²) in [6.07, 6.45) is 2.91. The molecule has 0 amide bonds. The van der Waals surface area contributed by atoms with E-state index in [1.807, 2.05) is 39.0 Å². The minimum absolute atomic E-state index is 0.572. The quantitative estimate of drug-likeness (QED) is 0.162. The van der Waals surface area contributed by atoms with Crippen molar-refractivity contribution in [3.63, 3.8) is 0 Å². The SMILES string of the molecule is CCO[Si](CCCCN)(OCC)OCC.CO[Si](CCc1ccccc1)(OC)OCCNCCN. The summed E-state index contributed by atoms with van der Waals surface area (Å²) in [4.78, 5) is 0. The molecule has 11 heteroatoms. The predicted octanol–water partition coefficient (Wildman–Crippen LogP) is 2.80. The summed E-state index contributed by atoms with van der Waals surface area (Å²) in [6, 6.07) is 12.0. The van der Waals surface area contributed by atoms with Crippen LogP contribution in [-0.4, -0.2) is 84.4 Å². The van der Waals surface area contributed by atoms with Crippen molar-refractivity contribution < 1.29 is 26.6 Å². The molecule has 0 aliphatic carbocycles. The van der Waals surface area contributed by atoms with E-state index in [9.17, 15) is 0 Å². The van der Waals surface area contributed by atoms with Gasteiger partial charge in [-0.25, -0.2) is 0 Å². The van der Waals surface area contributed by atoms with Crippen LogP contribution in [0.15, 0.2) is 30.3 Å². The van der Waals surface area contributed by atoms with E-state index in [1.54, 1.807) is 14.2 Å². The molecule has 35 heavy (non-hydrogen) atoms. The van der Waals surface area contributed by atoms with Gasteiger partial charge in [0.25, 0.3) is 0 Å². The van der Waals surface area contributed by atoms with Gasteiger partial charge in [-0.15, -0.1) is 0 Å². The normalized spacial score (nSPS) is 11.9. The molecule has 9 nitrogen and oxygen atoms in total. The molecule has 206 valence electrons. The summed E-state index contributed by atoms with van der Waals surface area (Å²) < 4.78 is 34.1. The highest BCUT2D eigenvalue weighted by molar-refractivity contribution is 6.61. The highest BCUT2D eigenvalue weighted by atomic mass is 28.4. The molecule has 0 atom stereocenters. The lowest BCUT2D eigenvalue weighted by Gasteiger charge is -2.28. The summed E-state index contributed by atoms with van der Waals surface area (Å²) in [5, 5.41) is 3.19. The molecule has 0 spiro atoms. The number of hydrogen-bond acceptors (Lipinski definition) is 9. The van der Waals surface area contributed by atoms with Crippen LogP contribution in [0.5, 0.6) is 0 Å². The zero-order chi connectivity index (χ0) is 26.3. The van der Waals surface area contributed by atoms with Crippen LogP contribution in [0, 0.1) is 0 Å². The molecule has 0 radical (unpaired) electrons. The van der Waals surface area contributed by atoms with Crippen LogP contribution in [0.3, 0.4) is 0 Å². The molecular formula is C24H51N3O6Si2. The number of nitrogens with two attached hydrogens (primary N) is 2. The summed E-state index contributed by atoms with van der Waals surface area (Å²) in [6.45, 7) is 11.3. The van der Waals surface area contributed by atoms with Crippen LogP contribution in [0.4, 0.5) is 0 Å². The maximum Gasteiger partial charge on any atom is 0.500 e. The van der Waals surface area contributed by atoms with Crippen molar-refractivity contribution in [2.45, 2.75) is 52.1 Å². The summed E-state index contributed by atoms with van der Waals surface area (Å²) in [5.74, 6) is 0. The fourth-order valence-electron chi connectivity index (χ4n) is 3.41. The number of hydrogen-bond donors (Lipinski definition) is 3. The zero-order valence-electron chi connectivity index (χ0n) is 22.7. The van der Waals surface area contributed by atoms with Crippen molar-refractivity contribution >= 4 is 17.6 Å². The molecule has 0 heterocycles. The highest BCUT2D eigenvalue weighted by Crippen LogP contribution is 2.19. The lowest BCUT2D eigenvalue weighted by atomic mass is 10.2. The number of aryl methyl sites for hydroxylation is 1. The van der Waals surface area contributed by atoms with Gasteiger partial charge in [0.15, 0.2) is 0 Å². The van der Waals surface area contributed by atoms with E-state index in [0.29, 0.717) is 33.0 Å². The largest absolute Gasteiger partial charge is 0.500 e. The third-order valence-electron chi connectivity index (χ3n) is 5.14. The highest BCUT2D eigenvalue weighted by Gasteiger charge is 2.39. The Bertz CT molecular complexity index is 569. The maximum atomic E-state index is 5.89. The van der Waals surface area contributed by atoms with Gasteiger partial charge in [-0.1, -0.05) is 30.3 Å². The molecule has 5 N–H and O–H groups in total. The minimum atomic E-state index is -2.56. The molecule has 0 fully saturated rings. The smallest absolute Gasteiger partial charge is 0.377 e. The van der Waals surface area contributed by atoms with Gasteiger partial charge in [0.05, 0.1) is 6.61 Å². The van der Waals surface area contributed by atoms with Crippen molar-refractivity contribution in [2.24, 2.45) is 11.5 Å². The van der Waals surface area contributed by atoms with Gasteiger partial charge < -0.3 is 43.3 Å². The van der Waals surface area contributed by atoms with Gasteiger partial charge in [0.2, 0.25) is 0 Å². The first-order chi connectivity index (χ1) is 17.0. The topological polar surface area (TPSA) is 119 Å². The molecule has 1 aromatic rings.